The summed E-state index contributed by atoms with van der Waals surface area (Å²) in [6, 6.07) is 15.1. The molecule has 162 valence electrons. The van der Waals surface area contributed by atoms with Gasteiger partial charge < -0.3 is 25.4 Å². The van der Waals surface area contributed by atoms with Crippen molar-refractivity contribution in [2.45, 2.75) is 26.5 Å². The fourth-order valence-electron chi connectivity index (χ4n) is 2.69. The molecule has 3 N–H and O–H groups in total. The van der Waals surface area contributed by atoms with E-state index >= 15 is 0 Å². The lowest BCUT2D eigenvalue weighted by Gasteiger charge is -2.16. The molecule has 0 aliphatic carbocycles. The minimum Gasteiger partial charge on any atom is -0.491 e. The van der Waals surface area contributed by atoms with E-state index in [1.807, 2.05) is 50.2 Å². The van der Waals surface area contributed by atoms with E-state index in [2.05, 4.69) is 15.6 Å². The van der Waals surface area contributed by atoms with Gasteiger partial charge in [-0.2, -0.15) is 0 Å². The van der Waals surface area contributed by atoms with Gasteiger partial charge in [-0.3, -0.25) is 4.79 Å². The van der Waals surface area contributed by atoms with Gasteiger partial charge in [-0.05, 0) is 49.2 Å². The van der Waals surface area contributed by atoms with Crippen LogP contribution in [0.3, 0.4) is 0 Å². The maximum Gasteiger partial charge on any atom is 0.253 e. The Hall–Kier alpha value is -3.06. The first kappa shape index (κ1) is 23.2. The Morgan fingerprint density at radius 1 is 1.17 bits per heavy atom. The molecular weight excluding hydrogens is 380 g/mol. The Kier molecular flexibility index (Phi) is 9.15. The molecule has 2 rings (SSSR count). The van der Waals surface area contributed by atoms with E-state index in [0.29, 0.717) is 31.2 Å². The molecule has 0 aliphatic heterocycles. The fraction of sp³-hybridized carbons (Fsp3) is 0.391. The second-order valence-corrected chi connectivity index (χ2v) is 7.25. The number of aliphatic hydroxyl groups excluding tert-OH is 1. The van der Waals surface area contributed by atoms with Crippen molar-refractivity contribution >= 4 is 11.9 Å². The third-order valence-corrected chi connectivity index (χ3v) is 4.31. The number of hydrogen-bond donors (Lipinski definition) is 3. The summed E-state index contributed by atoms with van der Waals surface area (Å²) in [5.41, 5.74) is 2.75. The van der Waals surface area contributed by atoms with Crippen molar-refractivity contribution in [2.24, 2.45) is 4.99 Å². The number of nitrogens with one attached hydrogen (secondary N) is 2. The molecule has 0 aromatic heterocycles. The van der Waals surface area contributed by atoms with Gasteiger partial charge in [-0.25, -0.2) is 4.99 Å². The highest BCUT2D eigenvalue weighted by atomic mass is 16.5. The van der Waals surface area contributed by atoms with E-state index < -0.39 is 6.10 Å². The van der Waals surface area contributed by atoms with Crippen LogP contribution in [-0.2, 0) is 6.54 Å². The molecule has 30 heavy (non-hydrogen) atoms. The van der Waals surface area contributed by atoms with Crippen molar-refractivity contribution in [1.82, 2.24) is 15.5 Å². The maximum absolute atomic E-state index is 12.0. The minimum atomic E-state index is -0.675. The largest absolute Gasteiger partial charge is 0.491 e. The van der Waals surface area contributed by atoms with E-state index in [4.69, 9.17) is 4.74 Å². The molecule has 2 aromatic carbocycles. The topological polar surface area (TPSA) is 86.2 Å². The lowest BCUT2D eigenvalue weighted by Crippen LogP contribution is -2.42. The molecule has 7 heteroatoms. The molecule has 0 fully saturated rings. The van der Waals surface area contributed by atoms with Crippen LogP contribution in [0.1, 0.15) is 28.4 Å². The first-order valence-electron chi connectivity index (χ1n) is 10.1. The zero-order chi connectivity index (χ0) is 21.9. The van der Waals surface area contributed by atoms with Gasteiger partial charge in [0.1, 0.15) is 18.5 Å². The summed E-state index contributed by atoms with van der Waals surface area (Å²) in [5.74, 6) is 1.33. The normalized spacial score (nSPS) is 12.2. The van der Waals surface area contributed by atoms with Gasteiger partial charge in [0.15, 0.2) is 5.96 Å². The number of guanidine groups is 1. The van der Waals surface area contributed by atoms with Crippen molar-refractivity contribution in [2.75, 3.05) is 33.8 Å². The summed E-state index contributed by atoms with van der Waals surface area (Å²) in [7, 11) is 3.46. The molecule has 0 saturated carbocycles. The van der Waals surface area contributed by atoms with Gasteiger partial charge in [0.05, 0.1) is 6.54 Å². The van der Waals surface area contributed by atoms with Gasteiger partial charge in [0.25, 0.3) is 5.91 Å². The molecule has 0 radical (unpaired) electrons. The van der Waals surface area contributed by atoms with Gasteiger partial charge in [0, 0.05) is 32.7 Å². The zero-order valence-electron chi connectivity index (χ0n) is 18.2. The first-order chi connectivity index (χ1) is 14.4. The number of nitrogens with zero attached hydrogens (tertiary/aromatic N) is 2. The Morgan fingerprint density at radius 3 is 2.53 bits per heavy atom. The summed E-state index contributed by atoms with van der Waals surface area (Å²) in [4.78, 5) is 18.1. The number of benzene rings is 2. The zero-order valence-corrected chi connectivity index (χ0v) is 18.2. The Balaban J connectivity index is 1.85. The van der Waals surface area contributed by atoms with Crippen LogP contribution in [0.25, 0.3) is 0 Å². The minimum absolute atomic E-state index is 0.0260. The molecular formula is C23H32N4O3. The highest BCUT2D eigenvalue weighted by Crippen LogP contribution is 2.12. The van der Waals surface area contributed by atoms with Crippen LogP contribution in [0.5, 0.6) is 5.75 Å². The summed E-state index contributed by atoms with van der Waals surface area (Å²) >= 11 is 0. The molecule has 0 spiro atoms. The van der Waals surface area contributed by atoms with Crippen molar-refractivity contribution in [3.05, 3.63) is 65.2 Å². The lowest BCUT2D eigenvalue weighted by molar-refractivity contribution is 0.0827. The van der Waals surface area contributed by atoms with Crippen LogP contribution >= 0.6 is 0 Å². The smallest absolute Gasteiger partial charge is 0.253 e. The van der Waals surface area contributed by atoms with Gasteiger partial charge in [-0.15, -0.1) is 0 Å². The monoisotopic (exact) mass is 412 g/mol. The Morgan fingerprint density at radius 2 is 1.90 bits per heavy atom. The first-order valence-corrected chi connectivity index (χ1v) is 10.1. The molecule has 1 amide bonds. The number of rotatable bonds is 9. The standard InChI is InChI=1S/C23H32N4O3/c1-5-24-23(25-14-18-9-11-19(12-10-18)22(29)27(3)4)26-15-20(28)16-30-21-8-6-7-17(2)13-21/h6-13,20,28H,5,14-16H2,1-4H3,(H2,24,25,26). The molecule has 0 aliphatic rings. The highest BCUT2D eigenvalue weighted by molar-refractivity contribution is 5.93. The highest BCUT2D eigenvalue weighted by Gasteiger charge is 2.09. The molecule has 1 atom stereocenters. The average Bonchev–Trinajstić information content (AvgIpc) is 2.74. The number of aliphatic hydroxyl groups is 1. The number of amides is 1. The molecule has 0 bridgehead atoms. The van der Waals surface area contributed by atoms with Gasteiger partial charge in [0.2, 0.25) is 0 Å². The predicted molar refractivity (Wildman–Crippen MR) is 120 cm³/mol. The predicted octanol–water partition coefficient (Wildman–Crippen LogP) is 2.19. The number of carbonyl (C=O) groups is 1. The van der Waals surface area contributed by atoms with Crippen LogP contribution in [0.2, 0.25) is 0 Å². The van der Waals surface area contributed by atoms with E-state index in [-0.39, 0.29) is 12.5 Å². The fourth-order valence-corrected chi connectivity index (χ4v) is 2.69. The number of aryl methyl sites for hydroxylation is 1. The van der Waals surface area contributed by atoms with Crippen LogP contribution in [0.4, 0.5) is 0 Å². The number of carbonyl (C=O) groups excluding carboxylic acids is 1. The third kappa shape index (κ3) is 7.75. The average molecular weight is 413 g/mol. The summed E-state index contributed by atoms with van der Waals surface area (Å²) in [6.45, 7) is 5.65. The van der Waals surface area contributed by atoms with Crippen LogP contribution in [0.15, 0.2) is 53.5 Å². The van der Waals surface area contributed by atoms with E-state index in [0.717, 1.165) is 16.9 Å². The van der Waals surface area contributed by atoms with Crippen LogP contribution in [0, 0.1) is 6.92 Å². The molecule has 0 saturated heterocycles. The lowest BCUT2D eigenvalue weighted by atomic mass is 10.1. The number of ether oxygens (including phenoxy) is 1. The molecule has 2 aromatic rings. The number of hydrogen-bond acceptors (Lipinski definition) is 4. The van der Waals surface area contributed by atoms with E-state index in [1.165, 1.54) is 0 Å². The van der Waals surface area contributed by atoms with Crippen molar-refractivity contribution in [3.63, 3.8) is 0 Å². The van der Waals surface area contributed by atoms with Gasteiger partial charge in [-0.1, -0.05) is 24.3 Å². The SMILES string of the molecule is CCNC(=NCc1ccc(C(=O)N(C)C)cc1)NCC(O)COc1cccc(C)c1. The Bertz CT molecular complexity index is 835. The molecule has 1 unspecified atom stereocenters. The second-order valence-electron chi connectivity index (χ2n) is 7.25. The van der Waals surface area contributed by atoms with Crippen molar-refractivity contribution in [3.8, 4) is 5.75 Å². The maximum atomic E-state index is 12.0. The molecule has 7 nitrogen and oxygen atoms in total. The van der Waals surface area contributed by atoms with Crippen molar-refractivity contribution < 1.29 is 14.6 Å². The van der Waals surface area contributed by atoms with E-state index in [9.17, 15) is 9.90 Å². The van der Waals surface area contributed by atoms with Crippen LogP contribution in [-0.4, -0.2) is 61.8 Å². The number of aliphatic imine (C=N–C) groups is 1. The van der Waals surface area contributed by atoms with E-state index in [1.54, 1.807) is 31.1 Å². The second kappa shape index (κ2) is 11.8. The Labute approximate surface area is 178 Å². The summed E-state index contributed by atoms with van der Waals surface area (Å²) in [5, 5.41) is 16.5. The summed E-state index contributed by atoms with van der Waals surface area (Å²) in [6.07, 6.45) is -0.675. The molecule has 0 heterocycles. The van der Waals surface area contributed by atoms with Gasteiger partial charge >= 0.3 is 0 Å². The van der Waals surface area contributed by atoms with Crippen LogP contribution < -0.4 is 15.4 Å². The quantitative estimate of drug-likeness (QED) is 0.434. The van der Waals surface area contributed by atoms with Crippen molar-refractivity contribution in [1.29, 1.82) is 0 Å². The third-order valence-electron chi connectivity index (χ3n) is 4.31. The summed E-state index contributed by atoms with van der Waals surface area (Å²) < 4.78 is 5.64.